The fourth-order valence-corrected chi connectivity index (χ4v) is 6.99. The molecular weight excluding hydrogens is 390 g/mol. The Kier molecular flexibility index (Phi) is 4.79. The van der Waals surface area contributed by atoms with Crippen molar-refractivity contribution in [2.75, 3.05) is 37.9 Å². The molecule has 9 heteroatoms. The molecule has 1 aliphatic heterocycles. The summed E-state index contributed by atoms with van der Waals surface area (Å²) < 4.78 is 30.9. The van der Waals surface area contributed by atoms with Crippen LogP contribution in [0.4, 0.5) is 5.82 Å². The molecule has 8 nitrogen and oxygen atoms in total. The number of anilines is 1. The second-order valence-corrected chi connectivity index (χ2v) is 11.3. The van der Waals surface area contributed by atoms with Crippen LogP contribution in [0.15, 0.2) is 18.6 Å². The number of aromatic nitrogens is 3. The van der Waals surface area contributed by atoms with Crippen molar-refractivity contribution in [3.8, 4) is 0 Å². The van der Waals surface area contributed by atoms with Crippen LogP contribution in [-0.4, -0.2) is 84.7 Å². The number of aromatic amines is 1. The van der Waals surface area contributed by atoms with Gasteiger partial charge in [-0.25, -0.2) is 18.4 Å². The van der Waals surface area contributed by atoms with Crippen molar-refractivity contribution >= 4 is 26.7 Å². The molecule has 2 aromatic rings. The second kappa shape index (κ2) is 7.21. The average Bonchev–Trinajstić information content (AvgIpc) is 3.06. The van der Waals surface area contributed by atoms with Crippen molar-refractivity contribution in [1.82, 2.24) is 19.9 Å². The smallest absolute Gasteiger partial charge is 0.155 e. The molecule has 0 atom stereocenters. The second-order valence-electron chi connectivity index (χ2n) is 8.93. The maximum Gasteiger partial charge on any atom is 0.155 e. The standard InChI is InChI=1S/C20H29N5O3S/c1-24(20-18-3-4-21-19(18)22-12-23-20)14-5-13(6-14)11-29(26,27)17-9-25(10-17)15-7-16(8-15)28-2/h3-4,12-17H,5-11H2,1-2H3,(H,21,22,23)/t13-,14+,15-,16-. The molecule has 2 aromatic heterocycles. The van der Waals surface area contributed by atoms with Gasteiger partial charge >= 0.3 is 0 Å². The lowest BCUT2D eigenvalue weighted by atomic mass is 9.81. The van der Waals surface area contributed by atoms with E-state index < -0.39 is 9.84 Å². The third-order valence-electron chi connectivity index (χ3n) is 7.20. The quantitative estimate of drug-likeness (QED) is 0.726. The van der Waals surface area contributed by atoms with Crippen LogP contribution in [0.5, 0.6) is 0 Å². The summed E-state index contributed by atoms with van der Waals surface area (Å²) in [6, 6.07) is 2.84. The third kappa shape index (κ3) is 3.43. The largest absolute Gasteiger partial charge is 0.381 e. The minimum absolute atomic E-state index is 0.179. The van der Waals surface area contributed by atoms with Crippen molar-refractivity contribution in [2.24, 2.45) is 5.92 Å². The summed E-state index contributed by atoms with van der Waals surface area (Å²) in [6.45, 7) is 1.40. The monoisotopic (exact) mass is 419 g/mol. The number of H-pyrrole nitrogens is 1. The Morgan fingerprint density at radius 3 is 2.72 bits per heavy atom. The van der Waals surface area contributed by atoms with Crippen LogP contribution in [0.3, 0.4) is 0 Å². The molecule has 2 saturated carbocycles. The van der Waals surface area contributed by atoms with E-state index in [2.05, 4.69) is 24.8 Å². The highest BCUT2D eigenvalue weighted by Crippen LogP contribution is 2.38. The van der Waals surface area contributed by atoms with Gasteiger partial charge in [-0.1, -0.05) is 0 Å². The van der Waals surface area contributed by atoms with Gasteiger partial charge in [0.2, 0.25) is 0 Å². The number of fused-ring (bicyclic) bond motifs is 1. The summed E-state index contributed by atoms with van der Waals surface area (Å²) in [4.78, 5) is 16.3. The van der Waals surface area contributed by atoms with Crippen LogP contribution in [0.2, 0.25) is 0 Å². The number of ether oxygens (including phenoxy) is 1. The van der Waals surface area contributed by atoms with Gasteiger partial charge in [-0.2, -0.15) is 0 Å². The lowest BCUT2D eigenvalue weighted by Crippen LogP contribution is -2.63. The van der Waals surface area contributed by atoms with Crippen LogP contribution in [0.25, 0.3) is 11.0 Å². The number of methoxy groups -OCH3 is 1. The van der Waals surface area contributed by atoms with Gasteiger partial charge in [0.05, 0.1) is 22.5 Å². The Bertz CT molecular complexity index is 975. The minimum atomic E-state index is -3.01. The molecule has 0 amide bonds. The van der Waals surface area contributed by atoms with Crippen molar-refractivity contribution in [2.45, 2.75) is 49.1 Å². The van der Waals surface area contributed by atoms with Gasteiger partial charge in [0.25, 0.3) is 0 Å². The zero-order valence-corrected chi connectivity index (χ0v) is 17.8. The molecule has 1 N–H and O–H groups in total. The van der Waals surface area contributed by atoms with Crippen LogP contribution in [0.1, 0.15) is 25.7 Å². The summed E-state index contributed by atoms with van der Waals surface area (Å²) in [5.74, 6) is 1.49. The lowest BCUT2D eigenvalue weighted by molar-refractivity contribution is -0.0445. The number of hydrogen-bond donors (Lipinski definition) is 1. The molecule has 0 aromatic carbocycles. The Morgan fingerprint density at radius 2 is 2.00 bits per heavy atom. The fraction of sp³-hybridized carbons (Fsp3) is 0.700. The first-order valence-electron chi connectivity index (χ1n) is 10.4. The summed E-state index contributed by atoms with van der Waals surface area (Å²) >= 11 is 0. The molecule has 29 heavy (non-hydrogen) atoms. The van der Waals surface area contributed by atoms with Gasteiger partial charge in [-0.3, -0.25) is 4.90 Å². The molecular formula is C20H29N5O3S. The van der Waals surface area contributed by atoms with Gasteiger partial charge in [0, 0.05) is 45.5 Å². The number of nitrogens with zero attached hydrogens (tertiary/aromatic N) is 4. The lowest BCUT2D eigenvalue weighted by Gasteiger charge is -2.50. The Hall–Kier alpha value is -1.71. The number of sulfone groups is 1. The first-order valence-corrected chi connectivity index (χ1v) is 12.2. The molecule has 2 aliphatic carbocycles. The van der Waals surface area contributed by atoms with Gasteiger partial charge in [-0.05, 0) is 37.7 Å². The highest BCUT2D eigenvalue weighted by molar-refractivity contribution is 7.92. The minimum Gasteiger partial charge on any atom is -0.381 e. The highest BCUT2D eigenvalue weighted by atomic mass is 32.2. The molecule has 3 heterocycles. The predicted molar refractivity (Wildman–Crippen MR) is 112 cm³/mol. The van der Waals surface area contributed by atoms with E-state index in [0.29, 0.717) is 37.0 Å². The summed E-state index contributed by atoms with van der Waals surface area (Å²) in [5.41, 5.74) is 0.832. The molecule has 0 radical (unpaired) electrons. The number of likely N-dealkylation sites (tertiary alicyclic amines) is 1. The van der Waals surface area contributed by atoms with E-state index in [1.807, 2.05) is 19.3 Å². The zero-order valence-electron chi connectivity index (χ0n) is 17.0. The van der Waals surface area contributed by atoms with Crippen molar-refractivity contribution in [1.29, 1.82) is 0 Å². The first-order chi connectivity index (χ1) is 13.9. The van der Waals surface area contributed by atoms with E-state index in [0.717, 1.165) is 42.5 Å². The molecule has 0 spiro atoms. The van der Waals surface area contributed by atoms with Gasteiger partial charge < -0.3 is 14.6 Å². The topological polar surface area (TPSA) is 91.4 Å². The van der Waals surface area contributed by atoms with Crippen LogP contribution >= 0.6 is 0 Å². The number of nitrogens with one attached hydrogen (secondary N) is 1. The van der Waals surface area contributed by atoms with Crippen LogP contribution in [0, 0.1) is 5.92 Å². The predicted octanol–water partition coefficient (Wildman–Crippen LogP) is 1.45. The SMILES string of the molecule is CO[C@H]1C[C@H](N2CC(S(=O)(=O)C[C@H]3C[C@@H](N(C)c4ncnc5[nH]ccc45)C3)C2)C1. The van der Waals surface area contributed by atoms with E-state index in [4.69, 9.17) is 4.74 Å². The Morgan fingerprint density at radius 1 is 1.24 bits per heavy atom. The maximum absolute atomic E-state index is 12.8. The van der Waals surface area contributed by atoms with Crippen molar-refractivity contribution in [3.63, 3.8) is 0 Å². The summed E-state index contributed by atoms with van der Waals surface area (Å²) in [6.07, 6.45) is 7.69. The first kappa shape index (κ1) is 19.3. The molecule has 5 rings (SSSR count). The fourth-order valence-electron chi connectivity index (χ4n) is 4.95. The molecule has 0 bridgehead atoms. The molecule has 1 saturated heterocycles. The van der Waals surface area contributed by atoms with Gasteiger partial charge in [0.15, 0.2) is 9.84 Å². The van der Waals surface area contributed by atoms with E-state index in [1.165, 1.54) is 0 Å². The molecule has 0 unspecified atom stereocenters. The zero-order chi connectivity index (χ0) is 20.2. The van der Waals surface area contributed by atoms with E-state index in [-0.39, 0.29) is 11.2 Å². The Balaban J connectivity index is 1.12. The van der Waals surface area contributed by atoms with Gasteiger partial charge in [0.1, 0.15) is 17.8 Å². The number of hydrogen-bond acceptors (Lipinski definition) is 7. The van der Waals surface area contributed by atoms with Crippen molar-refractivity contribution in [3.05, 3.63) is 18.6 Å². The Labute approximate surface area is 171 Å². The van der Waals surface area contributed by atoms with Crippen LogP contribution in [-0.2, 0) is 14.6 Å². The summed E-state index contributed by atoms with van der Waals surface area (Å²) in [7, 11) is 0.776. The normalized spacial score (nSPS) is 30.6. The van der Waals surface area contributed by atoms with E-state index >= 15 is 0 Å². The summed E-state index contributed by atoms with van der Waals surface area (Å²) in [5, 5.41) is 0.828. The number of rotatable bonds is 7. The van der Waals surface area contributed by atoms with Crippen LogP contribution < -0.4 is 4.90 Å². The molecule has 158 valence electrons. The maximum atomic E-state index is 12.8. The third-order valence-corrected chi connectivity index (χ3v) is 9.45. The molecule has 3 fully saturated rings. The van der Waals surface area contributed by atoms with Crippen molar-refractivity contribution < 1.29 is 13.2 Å². The van der Waals surface area contributed by atoms with Gasteiger partial charge in [-0.15, -0.1) is 0 Å². The van der Waals surface area contributed by atoms with E-state index in [9.17, 15) is 8.42 Å². The highest BCUT2D eigenvalue weighted by Gasteiger charge is 2.46. The average molecular weight is 420 g/mol. The van der Waals surface area contributed by atoms with E-state index in [1.54, 1.807) is 13.4 Å². The molecule has 3 aliphatic rings.